The Kier molecular flexibility index (Phi) is 3.64. The van der Waals surface area contributed by atoms with Crippen LogP contribution in [-0.2, 0) is 0 Å². The molecule has 0 spiro atoms. The standard InChI is InChI=1S/C8H7BrClF2N/c9-6-2-1-4(10)3-5(6)7(13)8(11)12/h1-3,7-8H,13H2. The molecular formula is C8H7BrClF2N. The summed E-state index contributed by atoms with van der Waals surface area (Å²) in [6, 6.07) is 3.34. The van der Waals surface area contributed by atoms with E-state index in [9.17, 15) is 8.78 Å². The number of nitrogens with two attached hydrogens (primary N) is 1. The predicted molar refractivity (Wildman–Crippen MR) is 52.1 cm³/mol. The zero-order chi connectivity index (χ0) is 10.0. The van der Waals surface area contributed by atoms with Gasteiger partial charge in [-0.2, -0.15) is 0 Å². The van der Waals surface area contributed by atoms with Gasteiger partial charge in [0.15, 0.2) is 0 Å². The normalized spacial score (nSPS) is 13.4. The van der Waals surface area contributed by atoms with Crippen molar-refractivity contribution in [2.45, 2.75) is 12.5 Å². The Balaban J connectivity index is 3.05. The molecule has 1 unspecified atom stereocenters. The number of alkyl halides is 2. The van der Waals surface area contributed by atoms with Crippen molar-refractivity contribution in [1.29, 1.82) is 0 Å². The van der Waals surface area contributed by atoms with Gasteiger partial charge in [0.1, 0.15) is 0 Å². The molecule has 5 heteroatoms. The summed E-state index contributed by atoms with van der Waals surface area (Å²) in [6.45, 7) is 0. The Labute approximate surface area is 88.0 Å². The quantitative estimate of drug-likeness (QED) is 0.876. The second-order valence-corrected chi connectivity index (χ2v) is 3.82. The minimum atomic E-state index is -2.59. The van der Waals surface area contributed by atoms with Crippen LogP contribution in [0, 0.1) is 0 Å². The van der Waals surface area contributed by atoms with Crippen LogP contribution >= 0.6 is 27.5 Å². The lowest BCUT2D eigenvalue weighted by Gasteiger charge is -2.12. The molecule has 72 valence electrons. The van der Waals surface area contributed by atoms with Gasteiger partial charge >= 0.3 is 0 Å². The Bertz CT molecular complexity index is 306. The Morgan fingerprint density at radius 3 is 2.54 bits per heavy atom. The van der Waals surface area contributed by atoms with E-state index in [4.69, 9.17) is 17.3 Å². The van der Waals surface area contributed by atoms with E-state index in [-0.39, 0.29) is 0 Å². The van der Waals surface area contributed by atoms with Gasteiger partial charge in [0.25, 0.3) is 6.43 Å². The molecule has 1 rings (SSSR count). The Morgan fingerprint density at radius 2 is 2.00 bits per heavy atom. The van der Waals surface area contributed by atoms with Crippen LogP contribution in [0.5, 0.6) is 0 Å². The first kappa shape index (κ1) is 10.9. The van der Waals surface area contributed by atoms with Crippen LogP contribution in [0.4, 0.5) is 8.78 Å². The van der Waals surface area contributed by atoms with Gasteiger partial charge in [-0.15, -0.1) is 0 Å². The third-order valence-corrected chi connectivity index (χ3v) is 2.55. The van der Waals surface area contributed by atoms with Crippen LogP contribution in [0.1, 0.15) is 11.6 Å². The van der Waals surface area contributed by atoms with Crippen LogP contribution in [0.25, 0.3) is 0 Å². The molecule has 0 aliphatic rings. The third kappa shape index (κ3) is 2.62. The van der Waals surface area contributed by atoms with Crippen molar-refractivity contribution >= 4 is 27.5 Å². The highest BCUT2D eigenvalue weighted by atomic mass is 79.9. The van der Waals surface area contributed by atoms with E-state index in [0.29, 0.717) is 15.1 Å². The van der Waals surface area contributed by atoms with E-state index >= 15 is 0 Å². The molecule has 0 radical (unpaired) electrons. The molecule has 1 atom stereocenters. The fourth-order valence-electron chi connectivity index (χ4n) is 0.906. The summed E-state index contributed by atoms with van der Waals surface area (Å²) in [7, 11) is 0. The number of hydrogen-bond acceptors (Lipinski definition) is 1. The van der Waals surface area contributed by atoms with Crippen molar-refractivity contribution in [1.82, 2.24) is 0 Å². The molecular weight excluding hydrogens is 263 g/mol. The zero-order valence-corrected chi connectivity index (χ0v) is 8.82. The monoisotopic (exact) mass is 269 g/mol. The van der Waals surface area contributed by atoms with Crippen molar-refractivity contribution in [3.05, 3.63) is 33.3 Å². The minimum absolute atomic E-state index is 0.322. The second-order valence-electron chi connectivity index (χ2n) is 2.53. The van der Waals surface area contributed by atoms with Crippen molar-refractivity contribution in [3.8, 4) is 0 Å². The summed E-state index contributed by atoms with van der Waals surface area (Å²) in [4.78, 5) is 0. The molecule has 1 aromatic carbocycles. The molecule has 13 heavy (non-hydrogen) atoms. The number of halogens is 4. The molecule has 0 aliphatic heterocycles. The van der Waals surface area contributed by atoms with E-state index in [1.165, 1.54) is 6.07 Å². The van der Waals surface area contributed by atoms with Crippen LogP contribution in [0.15, 0.2) is 22.7 Å². The smallest absolute Gasteiger partial charge is 0.257 e. The summed E-state index contributed by atoms with van der Waals surface area (Å²) in [5.41, 5.74) is 5.59. The molecule has 0 fully saturated rings. The highest BCUT2D eigenvalue weighted by Gasteiger charge is 2.19. The largest absolute Gasteiger partial charge is 0.319 e. The maximum Gasteiger partial charge on any atom is 0.257 e. The van der Waals surface area contributed by atoms with Gasteiger partial charge in [-0.25, -0.2) is 8.78 Å². The fraction of sp³-hybridized carbons (Fsp3) is 0.250. The first-order chi connectivity index (χ1) is 6.02. The summed E-state index contributed by atoms with van der Waals surface area (Å²) in [5.74, 6) is 0. The van der Waals surface area contributed by atoms with Gasteiger partial charge in [0.2, 0.25) is 0 Å². The molecule has 0 amide bonds. The zero-order valence-electron chi connectivity index (χ0n) is 6.48. The fourth-order valence-corrected chi connectivity index (χ4v) is 1.60. The van der Waals surface area contributed by atoms with Crippen molar-refractivity contribution in [2.75, 3.05) is 0 Å². The lowest BCUT2D eigenvalue weighted by molar-refractivity contribution is 0.116. The van der Waals surface area contributed by atoms with E-state index in [1.54, 1.807) is 12.1 Å². The van der Waals surface area contributed by atoms with Gasteiger partial charge in [-0.05, 0) is 23.8 Å². The van der Waals surface area contributed by atoms with E-state index in [0.717, 1.165) is 0 Å². The Morgan fingerprint density at radius 1 is 1.38 bits per heavy atom. The van der Waals surface area contributed by atoms with E-state index in [1.807, 2.05) is 0 Å². The lowest BCUT2D eigenvalue weighted by atomic mass is 10.1. The molecule has 0 heterocycles. The van der Waals surface area contributed by atoms with Gasteiger partial charge in [0, 0.05) is 9.50 Å². The second kappa shape index (κ2) is 4.35. The summed E-state index contributed by atoms with van der Waals surface area (Å²) >= 11 is 8.77. The molecule has 0 bridgehead atoms. The molecule has 2 N–H and O–H groups in total. The van der Waals surface area contributed by atoms with Gasteiger partial charge in [-0.3, -0.25) is 0 Å². The van der Waals surface area contributed by atoms with Crippen LogP contribution in [0.3, 0.4) is 0 Å². The number of rotatable bonds is 2. The van der Waals surface area contributed by atoms with Crippen LogP contribution in [0.2, 0.25) is 5.02 Å². The first-order valence-corrected chi connectivity index (χ1v) is 4.68. The summed E-state index contributed by atoms with van der Waals surface area (Å²) in [5, 5.41) is 0.398. The number of benzene rings is 1. The number of hydrogen-bond donors (Lipinski definition) is 1. The van der Waals surface area contributed by atoms with Crippen LogP contribution in [-0.4, -0.2) is 6.43 Å². The topological polar surface area (TPSA) is 26.0 Å². The average Bonchev–Trinajstić information content (AvgIpc) is 2.08. The maximum absolute atomic E-state index is 12.2. The summed E-state index contributed by atoms with van der Waals surface area (Å²) < 4.78 is 25.0. The molecule has 0 saturated carbocycles. The van der Waals surface area contributed by atoms with Crippen LogP contribution < -0.4 is 5.73 Å². The van der Waals surface area contributed by atoms with Crippen molar-refractivity contribution in [2.24, 2.45) is 5.73 Å². The summed E-state index contributed by atoms with van der Waals surface area (Å²) in [6.07, 6.45) is -2.59. The highest BCUT2D eigenvalue weighted by Crippen LogP contribution is 2.28. The SMILES string of the molecule is NC(c1cc(Cl)ccc1Br)C(F)F. The van der Waals surface area contributed by atoms with Crippen molar-refractivity contribution < 1.29 is 8.78 Å². The lowest BCUT2D eigenvalue weighted by Crippen LogP contribution is -2.19. The van der Waals surface area contributed by atoms with Gasteiger partial charge in [-0.1, -0.05) is 27.5 Å². The van der Waals surface area contributed by atoms with Gasteiger partial charge in [0.05, 0.1) is 6.04 Å². The molecule has 1 aromatic rings. The third-order valence-electron chi connectivity index (χ3n) is 1.59. The minimum Gasteiger partial charge on any atom is -0.319 e. The molecule has 1 nitrogen and oxygen atoms in total. The van der Waals surface area contributed by atoms with E-state index < -0.39 is 12.5 Å². The van der Waals surface area contributed by atoms with Gasteiger partial charge < -0.3 is 5.73 Å². The maximum atomic E-state index is 12.2. The molecule has 0 aliphatic carbocycles. The van der Waals surface area contributed by atoms with E-state index in [2.05, 4.69) is 15.9 Å². The predicted octanol–water partition coefficient (Wildman–Crippen LogP) is 3.37. The molecule has 0 aromatic heterocycles. The first-order valence-electron chi connectivity index (χ1n) is 3.51. The Hall–Kier alpha value is -0.190. The molecule has 0 saturated heterocycles. The van der Waals surface area contributed by atoms with Crippen molar-refractivity contribution in [3.63, 3.8) is 0 Å². The highest BCUT2D eigenvalue weighted by molar-refractivity contribution is 9.10. The average molecular weight is 271 g/mol.